The minimum Gasteiger partial charge on any atom is -0.399 e. The standard InChI is InChI=1S/C15H16N2/c1-11-10-15(17)9-6-13(11)5-2-12-3-7-14(16)8-4-12/h2-10H,16-17H2,1H3. The number of nitrogen functional groups attached to an aromatic ring is 2. The van der Waals surface area contributed by atoms with E-state index in [9.17, 15) is 0 Å². The first-order valence-corrected chi connectivity index (χ1v) is 5.55. The van der Waals surface area contributed by atoms with Gasteiger partial charge in [-0.05, 0) is 47.9 Å². The first-order chi connectivity index (χ1) is 8.15. The SMILES string of the molecule is Cc1cc(N)ccc1C=Cc1ccc(N)cc1. The maximum atomic E-state index is 5.71. The third kappa shape index (κ3) is 2.88. The van der Waals surface area contributed by atoms with Crippen LogP contribution in [0.3, 0.4) is 0 Å². The Labute approximate surface area is 102 Å². The van der Waals surface area contributed by atoms with Crippen molar-refractivity contribution in [1.29, 1.82) is 0 Å². The molecule has 0 saturated heterocycles. The Hall–Kier alpha value is -2.22. The molecule has 0 heterocycles. The summed E-state index contributed by atoms with van der Waals surface area (Å²) < 4.78 is 0. The lowest BCUT2D eigenvalue weighted by molar-refractivity contribution is 1.45. The van der Waals surface area contributed by atoms with Crippen molar-refractivity contribution in [2.45, 2.75) is 6.92 Å². The van der Waals surface area contributed by atoms with Crippen LogP contribution in [0, 0.1) is 6.92 Å². The van der Waals surface area contributed by atoms with Gasteiger partial charge in [0.15, 0.2) is 0 Å². The maximum absolute atomic E-state index is 5.71. The molecule has 0 amide bonds. The van der Waals surface area contributed by atoms with Gasteiger partial charge >= 0.3 is 0 Å². The lowest BCUT2D eigenvalue weighted by atomic mass is 10.1. The molecule has 0 saturated carbocycles. The van der Waals surface area contributed by atoms with E-state index in [-0.39, 0.29) is 0 Å². The quantitative estimate of drug-likeness (QED) is 0.607. The molecule has 0 unspecified atom stereocenters. The third-order valence-corrected chi connectivity index (χ3v) is 2.69. The Kier molecular flexibility index (Phi) is 3.15. The zero-order valence-electron chi connectivity index (χ0n) is 9.85. The Morgan fingerprint density at radius 3 is 2.12 bits per heavy atom. The summed E-state index contributed by atoms with van der Waals surface area (Å²) in [5.41, 5.74) is 16.4. The van der Waals surface area contributed by atoms with E-state index >= 15 is 0 Å². The van der Waals surface area contributed by atoms with Gasteiger partial charge in [0.2, 0.25) is 0 Å². The van der Waals surface area contributed by atoms with Gasteiger partial charge in [-0.25, -0.2) is 0 Å². The van der Waals surface area contributed by atoms with Crippen molar-refractivity contribution in [3.05, 3.63) is 59.2 Å². The smallest absolute Gasteiger partial charge is 0.0317 e. The molecule has 0 aliphatic rings. The number of aryl methyl sites for hydroxylation is 1. The number of rotatable bonds is 2. The van der Waals surface area contributed by atoms with Crippen LogP contribution in [0.2, 0.25) is 0 Å². The zero-order chi connectivity index (χ0) is 12.3. The molecule has 0 bridgehead atoms. The van der Waals surface area contributed by atoms with Crippen molar-refractivity contribution in [2.75, 3.05) is 11.5 Å². The van der Waals surface area contributed by atoms with Crippen molar-refractivity contribution >= 4 is 23.5 Å². The number of anilines is 2. The van der Waals surface area contributed by atoms with Crippen molar-refractivity contribution < 1.29 is 0 Å². The first-order valence-electron chi connectivity index (χ1n) is 5.55. The summed E-state index contributed by atoms with van der Waals surface area (Å²) in [5, 5.41) is 0. The van der Waals surface area contributed by atoms with Gasteiger partial charge < -0.3 is 11.5 Å². The van der Waals surface area contributed by atoms with E-state index in [4.69, 9.17) is 11.5 Å². The fraction of sp³-hybridized carbons (Fsp3) is 0.0667. The van der Waals surface area contributed by atoms with Crippen molar-refractivity contribution in [3.8, 4) is 0 Å². The van der Waals surface area contributed by atoms with E-state index in [1.165, 1.54) is 11.1 Å². The summed E-state index contributed by atoms with van der Waals surface area (Å²) in [6.07, 6.45) is 4.15. The highest BCUT2D eigenvalue weighted by Crippen LogP contribution is 2.16. The second-order valence-electron chi connectivity index (χ2n) is 4.12. The van der Waals surface area contributed by atoms with Gasteiger partial charge in [-0.1, -0.05) is 30.4 Å². The van der Waals surface area contributed by atoms with E-state index in [1.807, 2.05) is 42.5 Å². The molecule has 0 radical (unpaired) electrons. The predicted octanol–water partition coefficient (Wildman–Crippen LogP) is 3.33. The predicted molar refractivity (Wildman–Crippen MR) is 75.4 cm³/mol. The van der Waals surface area contributed by atoms with Crippen LogP contribution in [0.5, 0.6) is 0 Å². The summed E-state index contributed by atoms with van der Waals surface area (Å²) in [4.78, 5) is 0. The summed E-state index contributed by atoms with van der Waals surface area (Å²) in [6, 6.07) is 13.7. The molecule has 0 aromatic heterocycles. The normalized spacial score (nSPS) is 10.9. The fourth-order valence-corrected chi connectivity index (χ4v) is 1.68. The van der Waals surface area contributed by atoms with Crippen molar-refractivity contribution in [2.24, 2.45) is 0 Å². The first kappa shape index (κ1) is 11.3. The molecule has 0 spiro atoms. The van der Waals surface area contributed by atoms with E-state index in [2.05, 4.69) is 19.1 Å². The van der Waals surface area contributed by atoms with Crippen LogP contribution in [0.1, 0.15) is 16.7 Å². The number of hydrogen-bond donors (Lipinski definition) is 2. The van der Waals surface area contributed by atoms with Gasteiger partial charge in [-0.3, -0.25) is 0 Å². The monoisotopic (exact) mass is 224 g/mol. The molecule has 0 aliphatic heterocycles. The van der Waals surface area contributed by atoms with E-state index in [0.29, 0.717) is 0 Å². The molecule has 2 heteroatoms. The molecule has 2 nitrogen and oxygen atoms in total. The summed E-state index contributed by atoms with van der Waals surface area (Å²) >= 11 is 0. The molecule has 0 aliphatic carbocycles. The highest BCUT2D eigenvalue weighted by atomic mass is 14.5. The van der Waals surface area contributed by atoms with Gasteiger partial charge in [-0.2, -0.15) is 0 Å². The van der Waals surface area contributed by atoms with Gasteiger partial charge in [0.1, 0.15) is 0 Å². The minimum absolute atomic E-state index is 0.783. The van der Waals surface area contributed by atoms with Crippen molar-refractivity contribution in [1.82, 2.24) is 0 Å². The molecule has 0 atom stereocenters. The third-order valence-electron chi connectivity index (χ3n) is 2.69. The highest BCUT2D eigenvalue weighted by molar-refractivity contribution is 5.72. The second kappa shape index (κ2) is 4.74. The van der Waals surface area contributed by atoms with Gasteiger partial charge in [0.25, 0.3) is 0 Å². The van der Waals surface area contributed by atoms with Crippen LogP contribution in [0.15, 0.2) is 42.5 Å². The molecule has 86 valence electrons. The van der Waals surface area contributed by atoms with E-state index in [1.54, 1.807) is 0 Å². The lowest BCUT2D eigenvalue weighted by Crippen LogP contribution is -1.87. The van der Waals surface area contributed by atoms with Crippen LogP contribution < -0.4 is 11.5 Å². The summed E-state index contributed by atoms with van der Waals surface area (Å²) in [6.45, 7) is 2.05. The summed E-state index contributed by atoms with van der Waals surface area (Å²) in [5.74, 6) is 0. The fourth-order valence-electron chi connectivity index (χ4n) is 1.68. The Morgan fingerprint density at radius 1 is 0.824 bits per heavy atom. The number of hydrogen-bond acceptors (Lipinski definition) is 2. The van der Waals surface area contributed by atoms with E-state index < -0.39 is 0 Å². The average molecular weight is 224 g/mol. The second-order valence-corrected chi connectivity index (χ2v) is 4.12. The molecule has 2 aromatic rings. The van der Waals surface area contributed by atoms with E-state index in [0.717, 1.165) is 16.9 Å². The Morgan fingerprint density at radius 2 is 1.47 bits per heavy atom. The maximum Gasteiger partial charge on any atom is 0.0317 e. The Bertz CT molecular complexity index is 539. The topological polar surface area (TPSA) is 52.0 Å². The average Bonchev–Trinajstić information content (AvgIpc) is 2.30. The van der Waals surface area contributed by atoms with Gasteiger partial charge in [0.05, 0.1) is 0 Å². The van der Waals surface area contributed by atoms with Crippen LogP contribution in [0.4, 0.5) is 11.4 Å². The molecule has 2 aromatic carbocycles. The lowest BCUT2D eigenvalue weighted by Gasteiger charge is -2.01. The molecular weight excluding hydrogens is 208 g/mol. The highest BCUT2D eigenvalue weighted by Gasteiger charge is 1.94. The van der Waals surface area contributed by atoms with Gasteiger partial charge in [-0.15, -0.1) is 0 Å². The largest absolute Gasteiger partial charge is 0.399 e. The summed E-state index contributed by atoms with van der Waals surface area (Å²) in [7, 11) is 0. The molecule has 2 rings (SSSR count). The Balaban J connectivity index is 2.23. The molecule has 4 N–H and O–H groups in total. The minimum atomic E-state index is 0.783. The molecule has 17 heavy (non-hydrogen) atoms. The van der Waals surface area contributed by atoms with Crippen LogP contribution in [0.25, 0.3) is 12.2 Å². The van der Waals surface area contributed by atoms with Crippen LogP contribution in [-0.2, 0) is 0 Å². The van der Waals surface area contributed by atoms with Crippen LogP contribution in [-0.4, -0.2) is 0 Å². The van der Waals surface area contributed by atoms with Gasteiger partial charge in [0, 0.05) is 11.4 Å². The van der Waals surface area contributed by atoms with Crippen LogP contribution >= 0.6 is 0 Å². The molecule has 0 fully saturated rings. The zero-order valence-corrected chi connectivity index (χ0v) is 9.85. The number of benzene rings is 2. The number of nitrogens with two attached hydrogens (primary N) is 2. The molecular formula is C15H16N2. The van der Waals surface area contributed by atoms with Crippen molar-refractivity contribution in [3.63, 3.8) is 0 Å².